The van der Waals surface area contributed by atoms with Crippen molar-refractivity contribution in [3.8, 4) is 5.75 Å². The Labute approximate surface area is 183 Å². The standard InChI is InChI=1S/C22H22N4O2S2/c1-3-29-18-7-4-6-16(14-18)21(27)26(13-12-25-11-5-10-23-25)22-24-19-9-8-17(28-2)15-20(19)30-22/h4-11,14-15H,3,12-13H2,1-2H3. The predicted octanol–water partition coefficient (Wildman–Crippen LogP) is 4.96. The summed E-state index contributed by atoms with van der Waals surface area (Å²) < 4.78 is 8.13. The Kier molecular flexibility index (Phi) is 6.35. The topological polar surface area (TPSA) is 60.2 Å². The molecule has 0 N–H and O–H groups in total. The first kappa shape index (κ1) is 20.4. The van der Waals surface area contributed by atoms with Crippen molar-refractivity contribution in [3.63, 3.8) is 0 Å². The lowest BCUT2D eigenvalue weighted by atomic mass is 10.2. The first-order valence-electron chi connectivity index (χ1n) is 9.64. The Morgan fingerprint density at radius 2 is 2.13 bits per heavy atom. The Hall–Kier alpha value is -2.84. The highest BCUT2D eigenvalue weighted by Crippen LogP contribution is 2.32. The summed E-state index contributed by atoms with van der Waals surface area (Å²) >= 11 is 3.21. The molecule has 2 aromatic carbocycles. The van der Waals surface area contributed by atoms with Crippen LogP contribution < -0.4 is 9.64 Å². The number of hydrogen-bond acceptors (Lipinski definition) is 6. The van der Waals surface area contributed by atoms with Crippen molar-refractivity contribution >= 4 is 44.4 Å². The molecule has 0 spiro atoms. The number of amides is 1. The maximum absolute atomic E-state index is 13.5. The fourth-order valence-electron chi connectivity index (χ4n) is 3.10. The second kappa shape index (κ2) is 9.32. The predicted molar refractivity (Wildman–Crippen MR) is 123 cm³/mol. The normalized spacial score (nSPS) is 11.0. The van der Waals surface area contributed by atoms with Gasteiger partial charge in [-0.15, -0.1) is 11.8 Å². The van der Waals surface area contributed by atoms with E-state index in [0.717, 1.165) is 26.6 Å². The average molecular weight is 439 g/mol. The minimum absolute atomic E-state index is 0.0632. The molecule has 8 heteroatoms. The monoisotopic (exact) mass is 438 g/mol. The molecule has 0 aliphatic carbocycles. The van der Waals surface area contributed by atoms with Gasteiger partial charge in [-0.1, -0.05) is 24.3 Å². The van der Waals surface area contributed by atoms with Crippen molar-refractivity contribution in [2.75, 3.05) is 24.3 Å². The second-order valence-electron chi connectivity index (χ2n) is 6.52. The van der Waals surface area contributed by atoms with E-state index in [2.05, 4.69) is 12.0 Å². The third kappa shape index (κ3) is 4.49. The third-order valence-electron chi connectivity index (χ3n) is 4.56. The van der Waals surface area contributed by atoms with E-state index >= 15 is 0 Å². The van der Waals surface area contributed by atoms with Crippen LogP contribution in [0.4, 0.5) is 5.13 Å². The summed E-state index contributed by atoms with van der Waals surface area (Å²) in [7, 11) is 1.64. The van der Waals surface area contributed by atoms with Crippen LogP contribution in [0.1, 0.15) is 17.3 Å². The van der Waals surface area contributed by atoms with Crippen LogP contribution in [-0.2, 0) is 6.54 Å². The van der Waals surface area contributed by atoms with Crippen molar-refractivity contribution in [1.82, 2.24) is 14.8 Å². The Morgan fingerprint density at radius 1 is 1.23 bits per heavy atom. The van der Waals surface area contributed by atoms with E-state index in [1.54, 1.807) is 30.0 Å². The molecule has 154 valence electrons. The first-order valence-corrected chi connectivity index (χ1v) is 11.4. The SMILES string of the molecule is CCSc1cccc(C(=O)N(CCn2cccn2)c2nc3ccc(OC)cc3s2)c1. The molecule has 2 aromatic heterocycles. The number of benzene rings is 2. The number of nitrogens with zero attached hydrogens (tertiary/aromatic N) is 4. The van der Waals surface area contributed by atoms with Crippen LogP contribution >= 0.6 is 23.1 Å². The Balaban J connectivity index is 1.68. The van der Waals surface area contributed by atoms with E-state index in [1.165, 1.54) is 11.3 Å². The van der Waals surface area contributed by atoms with Crippen LogP contribution in [0.2, 0.25) is 0 Å². The highest BCUT2D eigenvalue weighted by molar-refractivity contribution is 7.99. The number of carbonyl (C=O) groups excluding carboxylic acids is 1. The van der Waals surface area contributed by atoms with Gasteiger partial charge >= 0.3 is 0 Å². The minimum Gasteiger partial charge on any atom is -0.497 e. The van der Waals surface area contributed by atoms with Crippen molar-refractivity contribution < 1.29 is 9.53 Å². The van der Waals surface area contributed by atoms with Gasteiger partial charge in [0.15, 0.2) is 5.13 Å². The zero-order valence-electron chi connectivity index (χ0n) is 16.8. The molecule has 4 rings (SSSR count). The van der Waals surface area contributed by atoms with Crippen molar-refractivity contribution in [3.05, 3.63) is 66.5 Å². The number of fused-ring (bicyclic) bond motifs is 1. The summed E-state index contributed by atoms with van der Waals surface area (Å²) in [6.45, 7) is 3.16. The largest absolute Gasteiger partial charge is 0.497 e. The quantitative estimate of drug-likeness (QED) is 0.364. The van der Waals surface area contributed by atoms with Crippen LogP contribution in [0, 0.1) is 0 Å². The molecule has 30 heavy (non-hydrogen) atoms. The fraction of sp³-hybridized carbons (Fsp3) is 0.227. The number of aromatic nitrogens is 3. The van der Waals surface area contributed by atoms with Crippen LogP contribution in [-0.4, -0.2) is 40.1 Å². The zero-order chi connectivity index (χ0) is 20.9. The third-order valence-corrected chi connectivity index (χ3v) is 6.48. The number of thioether (sulfide) groups is 1. The van der Waals surface area contributed by atoms with E-state index in [1.807, 2.05) is 59.4 Å². The Morgan fingerprint density at radius 3 is 2.90 bits per heavy atom. The molecule has 0 aliphatic rings. The molecule has 0 bridgehead atoms. The smallest absolute Gasteiger partial charge is 0.260 e. The highest BCUT2D eigenvalue weighted by atomic mass is 32.2. The Bertz CT molecular complexity index is 1140. The van der Waals surface area contributed by atoms with Gasteiger partial charge in [0, 0.05) is 29.4 Å². The van der Waals surface area contributed by atoms with Crippen molar-refractivity contribution in [2.24, 2.45) is 0 Å². The van der Waals surface area contributed by atoms with Crippen LogP contribution in [0.25, 0.3) is 10.2 Å². The van der Waals surface area contributed by atoms with Crippen molar-refractivity contribution in [2.45, 2.75) is 18.4 Å². The number of carbonyl (C=O) groups is 1. The number of hydrogen-bond donors (Lipinski definition) is 0. The molecule has 0 aliphatic heterocycles. The van der Waals surface area contributed by atoms with Crippen LogP contribution in [0.5, 0.6) is 5.75 Å². The van der Waals surface area contributed by atoms with Gasteiger partial charge in [0.05, 0.1) is 23.9 Å². The maximum Gasteiger partial charge on any atom is 0.260 e. The zero-order valence-corrected chi connectivity index (χ0v) is 18.4. The molecule has 0 fully saturated rings. The van der Waals surface area contributed by atoms with E-state index in [-0.39, 0.29) is 5.91 Å². The van der Waals surface area contributed by atoms with Gasteiger partial charge in [-0.25, -0.2) is 4.98 Å². The molecule has 1 amide bonds. The lowest BCUT2D eigenvalue weighted by Crippen LogP contribution is -2.34. The van der Waals surface area contributed by atoms with Gasteiger partial charge in [-0.3, -0.25) is 14.4 Å². The van der Waals surface area contributed by atoms with Crippen molar-refractivity contribution in [1.29, 1.82) is 0 Å². The van der Waals surface area contributed by atoms with Crippen LogP contribution in [0.15, 0.2) is 65.8 Å². The van der Waals surface area contributed by atoms with E-state index in [9.17, 15) is 4.79 Å². The molecule has 0 atom stereocenters. The van der Waals surface area contributed by atoms with Gasteiger partial charge in [-0.2, -0.15) is 5.10 Å². The molecule has 0 saturated heterocycles. The summed E-state index contributed by atoms with van der Waals surface area (Å²) in [6, 6.07) is 15.4. The molecule has 0 radical (unpaired) electrons. The van der Waals surface area contributed by atoms with E-state index in [0.29, 0.717) is 23.8 Å². The van der Waals surface area contributed by atoms with Gasteiger partial charge in [0.25, 0.3) is 5.91 Å². The number of anilines is 1. The summed E-state index contributed by atoms with van der Waals surface area (Å²) in [5.41, 5.74) is 1.51. The first-order chi connectivity index (χ1) is 14.7. The summed E-state index contributed by atoms with van der Waals surface area (Å²) in [5.74, 6) is 1.67. The number of ether oxygens (including phenoxy) is 1. The lowest BCUT2D eigenvalue weighted by molar-refractivity contribution is 0.0985. The van der Waals surface area contributed by atoms with Crippen LogP contribution in [0.3, 0.4) is 0 Å². The second-order valence-corrected chi connectivity index (χ2v) is 8.86. The van der Waals surface area contributed by atoms with Gasteiger partial charge < -0.3 is 4.74 Å². The number of thiazole rings is 1. The molecular formula is C22H22N4O2S2. The lowest BCUT2D eigenvalue weighted by Gasteiger charge is -2.20. The molecule has 0 saturated carbocycles. The van der Waals surface area contributed by atoms with Gasteiger partial charge in [-0.05, 0) is 48.2 Å². The molecule has 0 unspecified atom stereocenters. The number of rotatable bonds is 8. The van der Waals surface area contributed by atoms with E-state index in [4.69, 9.17) is 9.72 Å². The number of methoxy groups -OCH3 is 1. The molecule has 2 heterocycles. The molecule has 4 aromatic rings. The molecule has 6 nitrogen and oxygen atoms in total. The molecular weight excluding hydrogens is 416 g/mol. The van der Waals surface area contributed by atoms with E-state index < -0.39 is 0 Å². The van der Waals surface area contributed by atoms with Gasteiger partial charge in [0.2, 0.25) is 0 Å². The fourth-order valence-corrected chi connectivity index (χ4v) is 4.83. The summed E-state index contributed by atoms with van der Waals surface area (Å²) in [5, 5.41) is 4.93. The highest BCUT2D eigenvalue weighted by Gasteiger charge is 2.22. The maximum atomic E-state index is 13.5. The summed E-state index contributed by atoms with van der Waals surface area (Å²) in [6.07, 6.45) is 3.63. The minimum atomic E-state index is -0.0632. The van der Waals surface area contributed by atoms with Gasteiger partial charge in [0.1, 0.15) is 5.75 Å². The summed E-state index contributed by atoms with van der Waals surface area (Å²) in [4.78, 5) is 21.0. The average Bonchev–Trinajstić information content (AvgIpc) is 3.43.